The van der Waals surface area contributed by atoms with Crippen molar-refractivity contribution in [2.75, 3.05) is 26.2 Å². The Labute approximate surface area is 155 Å². The first-order valence-electron chi connectivity index (χ1n) is 9.93. The van der Waals surface area contributed by atoms with Crippen molar-refractivity contribution >= 4 is 5.91 Å². The molecule has 0 bridgehead atoms. The Balaban J connectivity index is 1.41. The molecule has 4 nitrogen and oxygen atoms in total. The number of carbonyl (C=O) groups is 1. The number of benzene rings is 1. The van der Waals surface area contributed by atoms with Crippen molar-refractivity contribution in [1.29, 1.82) is 0 Å². The fourth-order valence-corrected chi connectivity index (χ4v) is 4.62. The molecule has 2 aliphatic heterocycles. The number of rotatable bonds is 3. The third kappa shape index (κ3) is 3.39. The summed E-state index contributed by atoms with van der Waals surface area (Å²) in [6.07, 6.45) is 4.63. The highest BCUT2D eigenvalue weighted by Gasteiger charge is 2.46. The minimum Gasteiger partial charge on any atom is -0.389 e. The number of piperidine rings is 2. The van der Waals surface area contributed by atoms with Gasteiger partial charge in [0.05, 0.1) is 5.60 Å². The van der Waals surface area contributed by atoms with Crippen LogP contribution >= 0.6 is 0 Å². The Hall–Kier alpha value is -1.46. The summed E-state index contributed by atoms with van der Waals surface area (Å²) in [5.74, 6) is 0.433. The zero-order chi connectivity index (χ0) is 18.3. The Morgan fingerprint density at radius 2 is 2.04 bits per heavy atom. The molecular weight excluding hydrogens is 331 g/mol. The van der Waals surface area contributed by atoms with Crippen molar-refractivity contribution in [3.05, 3.63) is 35.1 Å². The van der Waals surface area contributed by atoms with Crippen LogP contribution in [0.1, 0.15) is 43.2 Å². The smallest absolute Gasteiger partial charge is 0.225 e. The summed E-state index contributed by atoms with van der Waals surface area (Å²) in [5.41, 5.74) is 0.988. The number of hydrogen-bond donors (Lipinski definition) is 1. The maximum Gasteiger partial charge on any atom is 0.225 e. The van der Waals surface area contributed by atoms with Crippen LogP contribution in [0.2, 0.25) is 0 Å². The summed E-state index contributed by atoms with van der Waals surface area (Å²) in [6.45, 7) is 5.39. The average Bonchev–Trinajstić information content (AvgIpc) is 2.56. The van der Waals surface area contributed by atoms with Crippen molar-refractivity contribution in [1.82, 2.24) is 9.80 Å². The van der Waals surface area contributed by atoms with Crippen LogP contribution in [-0.4, -0.2) is 52.6 Å². The number of aryl methyl sites for hydroxylation is 1. The maximum absolute atomic E-state index is 13.8. The van der Waals surface area contributed by atoms with Gasteiger partial charge in [0.1, 0.15) is 5.82 Å². The second-order valence-electron chi connectivity index (χ2n) is 8.53. The lowest BCUT2D eigenvalue weighted by Gasteiger charge is -2.51. The molecule has 1 saturated carbocycles. The molecule has 0 unspecified atom stereocenters. The number of hydrogen-bond acceptors (Lipinski definition) is 3. The van der Waals surface area contributed by atoms with Gasteiger partial charge in [-0.05, 0) is 49.8 Å². The van der Waals surface area contributed by atoms with Crippen molar-refractivity contribution in [3.8, 4) is 0 Å². The second-order valence-corrected chi connectivity index (χ2v) is 8.53. The Morgan fingerprint density at radius 1 is 1.27 bits per heavy atom. The number of aliphatic hydroxyl groups is 1. The van der Waals surface area contributed by atoms with E-state index in [4.69, 9.17) is 0 Å². The third-order valence-corrected chi connectivity index (χ3v) is 6.76. The minimum atomic E-state index is -0.647. The van der Waals surface area contributed by atoms with Gasteiger partial charge in [0.2, 0.25) is 5.91 Å². The molecule has 0 spiro atoms. The van der Waals surface area contributed by atoms with Gasteiger partial charge < -0.3 is 10.0 Å². The molecule has 2 heterocycles. The number of amides is 1. The Kier molecular flexibility index (Phi) is 4.78. The molecule has 0 radical (unpaired) electrons. The van der Waals surface area contributed by atoms with Gasteiger partial charge in [0.15, 0.2) is 0 Å². The maximum atomic E-state index is 13.8. The van der Waals surface area contributed by atoms with E-state index in [0.29, 0.717) is 31.6 Å². The average molecular weight is 360 g/mol. The zero-order valence-electron chi connectivity index (χ0n) is 15.6. The SMILES string of the molecule is Cc1ccc(CN2CC[C@@]3(O)CCN(C(=O)C4CCC4)C[C@H]3C2)cc1F. The molecule has 3 aliphatic rings. The number of halogens is 1. The molecule has 5 heteroatoms. The van der Waals surface area contributed by atoms with E-state index in [9.17, 15) is 14.3 Å². The lowest BCUT2D eigenvalue weighted by atomic mass is 9.74. The molecule has 2 saturated heterocycles. The van der Waals surface area contributed by atoms with E-state index in [1.54, 1.807) is 13.0 Å². The molecule has 1 N–H and O–H groups in total. The van der Waals surface area contributed by atoms with Crippen molar-refractivity contribution in [2.45, 2.75) is 51.2 Å². The van der Waals surface area contributed by atoms with Crippen LogP contribution in [0.5, 0.6) is 0 Å². The van der Waals surface area contributed by atoms with Gasteiger partial charge in [-0.1, -0.05) is 18.6 Å². The van der Waals surface area contributed by atoms with E-state index in [0.717, 1.165) is 37.9 Å². The van der Waals surface area contributed by atoms with Crippen LogP contribution in [0, 0.1) is 24.6 Å². The summed E-state index contributed by atoms with van der Waals surface area (Å²) >= 11 is 0. The summed E-state index contributed by atoms with van der Waals surface area (Å²) in [5, 5.41) is 11.0. The van der Waals surface area contributed by atoms with Gasteiger partial charge in [0.25, 0.3) is 0 Å². The normalized spacial score (nSPS) is 30.0. The van der Waals surface area contributed by atoms with Crippen LogP contribution in [0.15, 0.2) is 18.2 Å². The van der Waals surface area contributed by atoms with E-state index >= 15 is 0 Å². The van der Waals surface area contributed by atoms with Gasteiger partial charge >= 0.3 is 0 Å². The second kappa shape index (κ2) is 6.93. The first-order chi connectivity index (χ1) is 12.4. The van der Waals surface area contributed by atoms with Crippen LogP contribution < -0.4 is 0 Å². The molecule has 3 fully saturated rings. The van der Waals surface area contributed by atoms with Gasteiger partial charge in [0, 0.05) is 44.6 Å². The van der Waals surface area contributed by atoms with Crippen molar-refractivity contribution < 1.29 is 14.3 Å². The van der Waals surface area contributed by atoms with Crippen LogP contribution in [0.3, 0.4) is 0 Å². The quantitative estimate of drug-likeness (QED) is 0.901. The summed E-state index contributed by atoms with van der Waals surface area (Å²) in [7, 11) is 0. The predicted molar refractivity (Wildman–Crippen MR) is 98.0 cm³/mol. The van der Waals surface area contributed by atoms with Gasteiger partial charge in [-0.2, -0.15) is 0 Å². The molecule has 26 heavy (non-hydrogen) atoms. The fraction of sp³-hybridized carbons (Fsp3) is 0.667. The third-order valence-electron chi connectivity index (χ3n) is 6.76. The first-order valence-corrected chi connectivity index (χ1v) is 9.93. The number of nitrogens with zero attached hydrogens (tertiary/aromatic N) is 2. The molecule has 0 aromatic heterocycles. The Morgan fingerprint density at radius 3 is 2.73 bits per heavy atom. The highest BCUT2D eigenvalue weighted by Crippen LogP contribution is 2.37. The van der Waals surface area contributed by atoms with Crippen LogP contribution in [0.4, 0.5) is 4.39 Å². The van der Waals surface area contributed by atoms with E-state index in [2.05, 4.69) is 4.90 Å². The van der Waals surface area contributed by atoms with E-state index in [1.165, 1.54) is 6.42 Å². The fourth-order valence-electron chi connectivity index (χ4n) is 4.62. The first kappa shape index (κ1) is 17.9. The van der Waals surface area contributed by atoms with E-state index in [1.807, 2.05) is 17.0 Å². The standard InChI is InChI=1S/C21H29FN2O2/c1-15-5-6-16(11-19(15)22)12-23-9-7-21(26)8-10-24(14-18(21)13-23)20(25)17-3-2-4-17/h5-6,11,17-18,26H,2-4,7-10,12-14H2,1H3/t18-,21-/m1/s1. The molecule has 4 rings (SSSR count). The molecule has 1 aromatic rings. The van der Waals surface area contributed by atoms with Gasteiger partial charge in [-0.3, -0.25) is 9.69 Å². The molecule has 1 aromatic carbocycles. The van der Waals surface area contributed by atoms with E-state index in [-0.39, 0.29) is 23.6 Å². The highest BCUT2D eigenvalue weighted by molar-refractivity contribution is 5.79. The zero-order valence-corrected chi connectivity index (χ0v) is 15.6. The molecule has 1 aliphatic carbocycles. The van der Waals surface area contributed by atoms with E-state index < -0.39 is 5.60 Å². The molecule has 2 atom stereocenters. The predicted octanol–water partition coefficient (Wildman–Crippen LogP) is 2.72. The topological polar surface area (TPSA) is 43.8 Å². The van der Waals surface area contributed by atoms with Gasteiger partial charge in [-0.25, -0.2) is 4.39 Å². The summed E-state index contributed by atoms with van der Waals surface area (Å²) in [6, 6.07) is 5.42. The van der Waals surface area contributed by atoms with Crippen LogP contribution in [0.25, 0.3) is 0 Å². The largest absolute Gasteiger partial charge is 0.389 e. The van der Waals surface area contributed by atoms with Crippen molar-refractivity contribution in [3.63, 3.8) is 0 Å². The highest BCUT2D eigenvalue weighted by atomic mass is 19.1. The lowest BCUT2D eigenvalue weighted by molar-refractivity contribution is -0.153. The lowest BCUT2D eigenvalue weighted by Crippen LogP contribution is -2.61. The van der Waals surface area contributed by atoms with Crippen LogP contribution in [-0.2, 0) is 11.3 Å². The summed E-state index contributed by atoms with van der Waals surface area (Å²) < 4.78 is 13.8. The number of fused-ring (bicyclic) bond motifs is 1. The Bertz CT molecular complexity index is 691. The molecule has 142 valence electrons. The number of carbonyl (C=O) groups excluding carboxylic acids is 1. The molecular formula is C21H29FN2O2. The minimum absolute atomic E-state index is 0.0873. The molecule has 1 amide bonds. The van der Waals surface area contributed by atoms with Gasteiger partial charge in [-0.15, -0.1) is 0 Å². The van der Waals surface area contributed by atoms with Crippen molar-refractivity contribution in [2.24, 2.45) is 11.8 Å². The monoisotopic (exact) mass is 360 g/mol. The summed E-state index contributed by atoms with van der Waals surface area (Å²) in [4.78, 5) is 16.9. The number of likely N-dealkylation sites (tertiary alicyclic amines) is 2.